The van der Waals surface area contributed by atoms with Gasteiger partial charge in [-0.3, -0.25) is 20.2 Å². The summed E-state index contributed by atoms with van der Waals surface area (Å²) in [7, 11) is 0. The minimum atomic E-state index is -0.447. The van der Waals surface area contributed by atoms with E-state index in [1.807, 2.05) is 19.1 Å². The normalized spacial score (nSPS) is 13.8. The van der Waals surface area contributed by atoms with E-state index in [2.05, 4.69) is 15.4 Å². The number of nitrogens with zero attached hydrogens (tertiary/aromatic N) is 3. The number of aromatic nitrogens is 2. The number of anilines is 1. The molecule has 1 aliphatic rings. The van der Waals surface area contributed by atoms with E-state index >= 15 is 0 Å². The van der Waals surface area contributed by atoms with Crippen LogP contribution in [0.4, 0.5) is 5.82 Å². The Morgan fingerprint density at radius 2 is 1.93 bits per heavy atom. The zero-order valence-corrected chi connectivity index (χ0v) is 15.7. The second-order valence-corrected chi connectivity index (χ2v) is 6.16. The van der Waals surface area contributed by atoms with Crippen molar-refractivity contribution >= 4 is 29.9 Å². The molecule has 9 nitrogen and oxygen atoms in total. The highest BCUT2D eigenvalue weighted by Gasteiger charge is 2.29. The number of aryl methyl sites for hydroxylation is 2. The number of hydrazine groups is 1. The van der Waals surface area contributed by atoms with Crippen molar-refractivity contribution in [2.24, 2.45) is 5.14 Å². The second kappa shape index (κ2) is 7.74. The van der Waals surface area contributed by atoms with Crippen LogP contribution >= 0.6 is 12.2 Å². The highest BCUT2D eigenvalue weighted by atomic mass is 32.2. The molecular formula is C17H17N5O4S. The molecule has 1 aromatic heterocycles. The van der Waals surface area contributed by atoms with E-state index in [0.29, 0.717) is 40.9 Å². The first-order valence-electron chi connectivity index (χ1n) is 7.89. The topological polar surface area (TPSA) is 120 Å². The van der Waals surface area contributed by atoms with E-state index < -0.39 is 11.8 Å². The van der Waals surface area contributed by atoms with Gasteiger partial charge in [-0.1, -0.05) is 16.5 Å². The standard InChI is InChI=1S/C17H17N5O4S/c1-9-4-5-12(7-14(9)25-26-27-18)13-8-15(20-11(3)19-13)21-22-16(23)6-10(2)17(22)24/h4-8H,18H2,1-3H3,(H,19,20,21). The Kier molecular flexibility index (Phi) is 5.40. The molecule has 10 heteroatoms. The van der Waals surface area contributed by atoms with Gasteiger partial charge in [-0.15, -0.1) is 0 Å². The van der Waals surface area contributed by atoms with Crippen LogP contribution in [0.3, 0.4) is 0 Å². The Morgan fingerprint density at radius 3 is 2.59 bits per heavy atom. The van der Waals surface area contributed by atoms with Gasteiger partial charge in [-0.25, -0.2) is 9.97 Å². The minimum absolute atomic E-state index is 0.319. The predicted octanol–water partition coefficient (Wildman–Crippen LogP) is 2.23. The summed E-state index contributed by atoms with van der Waals surface area (Å²) >= 11 is 0.598. The van der Waals surface area contributed by atoms with Gasteiger partial charge < -0.3 is 4.89 Å². The van der Waals surface area contributed by atoms with Crippen molar-refractivity contribution in [3.05, 3.63) is 47.3 Å². The van der Waals surface area contributed by atoms with Crippen LogP contribution in [0.2, 0.25) is 0 Å². The molecule has 2 aromatic rings. The summed E-state index contributed by atoms with van der Waals surface area (Å²) in [4.78, 5) is 37.7. The zero-order valence-electron chi connectivity index (χ0n) is 14.8. The number of amides is 2. The van der Waals surface area contributed by atoms with Crippen molar-refractivity contribution in [2.75, 3.05) is 5.43 Å². The molecule has 0 aliphatic carbocycles. The van der Waals surface area contributed by atoms with Gasteiger partial charge in [0.1, 0.15) is 23.9 Å². The number of imide groups is 1. The van der Waals surface area contributed by atoms with Gasteiger partial charge in [-0.2, -0.15) is 5.01 Å². The maximum atomic E-state index is 12.0. The maximum Gasteiger partial charge on any atom is 0.275 e. The van der Waals surface area contributed by atoms with Gasteiger partial charge in [0.2, 0.25) is 0 Å². The molecule has 0 saturated heterocycles. The van der Waals surface area contributed by atoms with Gasteiger partial charge in [-0.05, 0) is 32.4 Å². The number of benzene rings is 1. The summed E-state index contributed by atoms with van der Waals surface area (Å²) in [5.41, 5.74) is 5.27. The summed E-state index contributed by atoms with van der Waals surface area (Å²) < 4.78 is 4.72. The van der Waals surface area contributed by atoms with Crippen LogP contribution in [0, 0.1) is 13.8 Å². The Hall–Kier alpha value is -2.95. The number of carbonyl (C=O) groups excluding carboxylic acids is 2. The fraction of sp³-hybridized carbons (Fsp3) is 0.176. The molecule has 0 spiro atoms. The fourth-order valence-corrected chi connectivity index (χ4v) is 2.60. The molecule has 2 heterocycles. The summed E-state index contributed by atoms with van der Waals surface area (Å²) in [5, 5.41) is 6.12. The van der Waals surface area contributed by atoms with Crippen LogP contribution < -0.4 is 15.5 Å². The molecule has 0 radical (unpaired) electrons. The molecule has 2 amide bonds. The molecule has 1 aromatic carbocycles. The Balaban J connectivity index is 1.90. The first kappa shape index (κ1) is 18.8. The largest absolute Gasteiger partial charge is 0.324 e. The average Bonchev–Trinajstić information content (AvgIpc) is 2.87. The minimum Gasteiger partial charge on any atom is -0.324 e. The van der Waals surface area contributed by atoms with Gasteiger partial charge in [0, 0.05) is 23.3 Å². The van der Waals surface area contributed by atoms with Crippen molar-refractivity contribution in [3.63, 3.8) is 0 Å². The van der Waals surface area contributed by atoms with Gasteiger partial charge in [0.05, 0.1) is 5.69 Å². The van der Waals surface area contributed by atoms with Crippen LogP contribution in [0.25, 0.3) is 11.3 Å². The second-order valence-electron chi connectivity index (χ2n) is 5.83. The number of nitrogens with two attached hydrogens (primary N) is 1. The molecule has 27 heavy (non-hydrogen) atoms. The molecular weight excluding hydrogens is 370 g/mol. The van der Waals surface area contributed by atoms with E-state index in [-0.39, 0.29) is 0 Å². The Labute approximate surface area is 159 Å². The van der Waals surface area contributed by atoms with Crippen molar-refractivity contribution in [3.8, 4) is 17.0 Å². The van der Waals surface area contributed by atoms with Gasteiger partial charge >= 0.3 is 0 Å². The third-order valence-corrected chi connectivity index (χ3v) is 3.96. The number of hydrogen-bond donors (Lipinski definition) is 2. The number of rotatable bonds is 6. The fourth-order valence-electron chi connectivity index (χ4n) is 2.49. The van der Waals surface area contributed by atoms with Crippen LogP contribution in [0.5, 0.6) is 5.75 Å². The molecule has 3 rings (SSSR count). The third-order valence-electron chi connectivity index (χ3n) is 3.81. The lowest BCUT2D eigenvalue weighted by atomic mass is 10.1. The molecule has 0 bridgehead atoms. The van der Waals surface area contributed by atoms with Gasteiger partial charge in [0.25, 0.3) is 11.8 Å². The first-order valence-corrected chi connectivity index (χ1v) is 8.69. The van der Waals surface area contributed by atoms with E-state index in [9.17, 15) is 9.59 Å². The number of nitrogens with one attached hydrogen (secondary N) is 1. The van der Waals surface area contributed by atoms with Crippen LogP contribution in [-0.4, -0.2) is 26.8 Å². The van der Waals surface area contributed by atoms with Crippen LogP contribution in [-0.2, 0) is 13.9 Å². The lowest BCUT2D eigenvalue weighted by Gasteiger charge is -2.17. The Morgan fingerprint density at radius 1 is 1.15 bits per heavy atom. The van der Waals surface area contributed by atoms with Crippen LogP contribution in [0.1, 0.15) is 18.3 Å². The van der Waals surface area contributed by atoms with E-state index in [1.165, 1.54) is 6.08 Å². The van der Waals surface area contributed by atoms with Crippen molar-refractivity contribution < 1.29 is 18.8 Å². The molecule has 0 atom stereocenters. The highest BCUT2D eigenvalue weighted by molar-refractivity contribution is 7.92. The van der Waals surface area contributed by atoms with E-state index in [1.54, 1.807) is 26.0 Å². The third kappa shape index (κ3) is 4.08. The molecule has 140 valence electrons. The first-order chi connectivity index (χ1) is 12.9. The number of carbonyl (C=O) groups is 2. The maximum absolute atomic E-state index is 12.0. The summed E-state index contributed by atoms with van der Waals surface area (Å²) in [6.45, 7) is 5.15. The monoisotopic (exact) mass is 387 g/mol. The van der Waals surface area contributed by atoms with Crippen molar-refractivity contribution in [1.82, 2.24) is 15.0 Å². The zero-order chi connectivity index (χ0) is 19.6. The Bertz CT molecular complexity index is 947. The molecule has 0 fully saturated rings. The lowest BCUT2D eigenvalue weighted by Crippen LogP contribution is -2.36. The average molecular weight is 387 g/mol. The molecule has 0 unspecified atom stereocenters. The summed E-state index contributed by atoms with van der Waals surface area (Å²) in [6, 6.07) is 7.09. The number of hydrogen-bond acceptors (Lipinski definition) is 9. The SMILES string of the molecule is CC1=CC(=O)N(Nc2cc(-c3ccc(C)c(OOSN)c3)nc(C)n2)C1=O. The van der Waals surface area contributed by atoms with Crippen molar-refractivity contribution in [2.45, 2.75) is 20.8 Å². The quantitative estimate of drug-likeness (QED) is 0.253. The molecule has 3 N–H and O–H groups in total. The molecule has 1 aliphatic heterocycles. The van der Waals surface area contributed by atoms with E-state index in [0.717, 1.165) is 16.1 Å². The summed E-state index contributed by atoms with van der Waals surface area (Å²) in [5.74, 6) is 0.411. The predicted molar refractivity (Wildman–Crippen MR) is 99.7 cm³/mol. The smallest absolute Gasteiger partial charge is 0.275 e. The molecule has 0 saturated carbocycles. The van der Waals surface area contributed by atoms with Crippen molar-refractivity contribution in [1.29, 1.82) is 0 Å². The lowest BCUT2D eigenvalue weighted by molar-refractivity contribution is -0.135. The van der Waals surface area contributed by atoms with Gasteiger partial charge in [0.15, 0.2) is 5.75 Å². The van der Waals surface area contributed by atoms with Crippen LogP contribution in [0.15, 0.2) is 35.9 Å². The summed E-state index contributed by atoms with van der Waals surface area (Å²) in [6.07, 6.45) is 1.27. The highest BCUT2D eigenvalue weighted by Crippen LogP contribution is 2.28. The van der Waals surface area contributed by atoms with E-state index in [4.69, 9.17) is 14.4 Å².